The Morgan fingerprint density at radius 2 is 2.25 bits per heavy atom. The first-order valence-electron chi connectivity index (χ1n) is 3.56. The minimum absolute atomic E-state index is 0.180. The average Bonchev–Trinajstić information content (AvgIpc) is 1.97. The van der Waals surface area contributed by atoms with Gasteiger partial charge in [-0.2, -0.15) is 11.8 Å². The zero-order chi connectivity index (χ0) is 9.40. The van der Waals surface area contributed by atoms with E-state index in [4.69, 9.17) is 16.9 Å². The van der Waals surface area contributed by atoms with Crippen molar-refractivity contribution in [2.75, 3.05) is 18.6 Å². The molecule has 0 spiro atoms. The van der Waals surface area contributed by atoms with Crippen LogP contribution in [0.3, 0.4) is 0 Å². The quantitative estimate of drug-likeness (QED) is 0.273. The molecule has 6 N–H and O–H groups in total. The summed E-state index contributed by atoms with van der Waals surface area (Å²) in [4.78, 5) is 3.95. The van der Waals surface area contributed by atoms with Crippen molar-refractivity contribution in [2.45, 2.75) is 6.42 Å². The molecular formula is C6H15N5S. The molecule has 0 aromatic carbocycles. The van der Waals surface area contributed by atoms with Crippen LogP contribution in [0.4, 0.5) is 0 Å². The smallest absolute Gasteiger partial charge is 0.195 e. The molecule has 0 unspecified atom stereocenters. The van der Waals surface area contributed by atoms with Crippen molar-refractivity contribution in [2.24, 2.45) is 16.5 Å². The molecule has 0 atom stereocenters. The fourth-order valence-electron chi connectivity index (χ4n) is 0.586. The zero-order valence-corrected chi connectivity index (χ0v) is 7.95. The van der Waals surface area contributed by atoms with Gasteiger partial charge in [-0.05, 0) is 18.4 Å². The van der Waals surface area contributed by atoms with Gasteiger partial charge in [0.25, 0.3) is 0 Å². The van der Waals surface area contributed by atoms with Crippen LogP contribution in [0.15, 0.2) is 4.99 Å². The van der Waals surface area contributed by atoms with E-state index >= 15 is 0 Å². The molecule has 0 radical (unpaired) electrons. The monoisotopic (exact) mass is 189 g/mol. The highest BCUT2D eigenvalue weighted by molar-refractivity contribution is 7.98. The van der Waals surface area contributed by atoms with Gasteiger partial charge in [0.05, 0.1) is 0 Å². The van der Waals surface area contributed by atoms with Crippen LogP contribution < -0.4 is 16.8 Å². The topological polar surface area (TPSA) is 100 Å². The molecule has 6 heteroatoms. The van der Waals surface area contributed by atoms with Gasteiger partial charge in [-0.15, -0.1) is 0 Å². The van der Waals surface area contributed by atoms with Gasteiger partial charge in [0, 0.05) is 6.54 Å². The first-order chi connectivity index (χ1) is 5.66. The largest absolute Gasteiger partial charge is 0.370 e. The summed E-state index contributed by atoms with van der Waals surface area (Å²) in [6.45, 7) is 0.674. The highest BCUT2D eigenvalue weighted by Gasteiger charge is 1.90. The third-order valence-corrected chi connectivity index (χ3v) is 1.75. The van der Waals surface area contributed by atoms with Crippen molar-refractivity contribution in [1.29, 1.82) is 5.41 Å². The van der Waals surface area contributed by atoms with E-state index in [1.165, 1.54) is 0 Å². The van der Waals surface area contributed by atoms with Crippen molar-refractivity contribution >= 4 is 23.7 Å². The molecule has 0 heterocycles. The first kappa shape index (κ1) is 11.1. The van der Waals surface area contributed by atoms with Gasteiger partial charge in [0.15, 0.2) is 11.9 Å². The maximum atomic E-state index is 6.84. The van der Waals surface area contributed by atoms with E-state index in [0.29, 0.717) is 6.54 Å². The number of hydrogen-bond donors (Lipinski definition) is 4. The number of guanidine groups is 2. The summed E-state index contributed by atoms with van der Waals surface area (Å²) in [5.74, 6) is 1.10. The molecule has 0 aliphatic carbocycles. The number of nitrogens with one attached hydrogen (secondary N) is 2. The van der Waals surface area contributed by atoms with Crippen LogP contribution in [0.2, 0.25) is 0 Å². The Balaban J connectivity index is 3.48. The third-order valence-electron chi connectivity index (χ3n) is 1.05. The first-order valence-corrected chi connectivity index (χ1v) is 4.96. The maximum Gasteiger partial charge on any atom is 0.195 e. The Morgan fingerprint density at radius 1 is 1.58 bits per heavy atom. The van der Waals surface area contributed by atoms with Crippen molar-refractivity contribution in [1.82, 2.24) is 5.32 Å². The van der Waals surface area contributed by atoms with Crippen molar-refractivity contribution in [3.63, 3.8) is 0 Å². The van der Waals surface area contributed by atoms with Crippen LogP contribution in [0.5, 0.6) is 0 Å². The summed E-state index contributed by atoms with van der Waals surface area (Å²) in [6.07, 6.45) is 3.03. The lowest BCUT2D eigenvalue weighted by Gasteiger charge is -2.01. The second-order valence-electron chi connectivity index (χ2n) is 2.15. The Labute approximate surface area is 76.5 Å². The molecule has 0 aromatic heterocycles. The van der Waals surface area contributed by atoms with Crippen LogP contribution >= 0.6 is 11.8 Å². The van der Waals surface area contributed by atoms with E-state index in [1.807, 2.05) is 6.26 Å². The summed E-state index contributed by atoms with van der Waals surface area (Å²) >= 11 is 1.77. The van der Waals surface area contributed by atoms with E-state index in [0.717, 1.165) is 12.2 Å². The van der Waals surface area contributed by atoms with Crippen molar-refractivity contribution < 1.29 is 0 Å². The van der Waals surface area contributed by atoms with Crippen LogP contribution in [0.25, 0.3) is 0 Å². The Hall–Kier alpha value is -0.910. The lowest BCUT2D eigenvalue weighted by molar-refractivity contribution is 0.932. The summed E-state index contributed by atoms with van der Waals surface area (Å²) < 4.78 is 0. The van der Waals surface area contributed by atoms with E-state index in [2.05, 4.69) is 10.3 Å². The Morgan fingerprint density at radius 3 is 2.75 bits per heavy atom. The molecule has 0 fully saturated rings. The van der Waals surface area contributed by atoms with Gasteiger partial charge < -0.3 is 11.5 Å². The summed E-state index contributed by atoms with van der Waals surface area (Å²) in [5.41, 5.74) is 10.4. The predicted molar refractivity (Wildman–Crippen MR) is 54.5 cm³/mol. The van der Waals surface area contributed by atoms with Gasteiger partial charge in [-0.25, -0.2) is 0 Å². The molecule has 5 nitrogen and oxygen atoms in total. The highest BCUT2D eigenvalue weighted by Crippen LogP contribution is 1.94. The molecule has 70 valence electrons. The Kier molecular flexibility index (Phi) is 6.26. The molecule has 0 saturated carbocycles. The minimum atomic E-state index is -0.180. The molecule has 0 saturated heterocycles. The van der Waals surface area contributed by atoms with E-state index in [-0.39, 0.29) is 11.9 Å². The van der Waals surface area contributed by atoms with Crippen LogP contribution in [0, 0.1) is 5.41 Å². The predicted octanol–water partition coefficient (Wildman–Crippen LogP) is -0.463. The third kappa shape index (κ3) is 7.20. The zero-order valence-electron chi connectivity index (χ0n) is 7.13. The molecule has 0 amide bonds. The molecule has 0 rings (SSSR count). The van der Waals surface area contributed by atoms with E-state index in [9.17, 15) is 0 Å². The van der Waals surface area contributed by atoms with Crippen molar-refractivity contribution in [3.8, 4) is 0 Å². The van der Waals surface area contributed by atoms with E-state index in [1.54, 1.807) is 11.8 Å². The van der Waals surface area contributed by atoms with Crippen LogP contribution in [-0.2, 0) is 0 Å². The molecule has 0 aliphatic rings. The average molecular weight is 189 g/mol. The van der Waals surface area contributed by atoms with Gasteiger partial charge in [0.2, 0.25) is 0 Å². The van der Waals surface area contributed by atoms with Gasteiger partial charge in [-0.3, -0.25) is 15.7 Å². The molecule has 0 aliphatic heterocycles. The second-order valence-corrected chi connectivity index (χ2v) is 3.14. The molecule has 12 heavy (non-hydrogen) atoms. The number of hydrogen-bond acceptors (Lipinski definition) is 3. The summed E-state index contributed by atoms with van der Waals surface area (Å²) in [5, 5.41) is 9.24. The summed E-state index contributed by atoms with van der Waals surface area (Å²) in [7, 11) is 0. The second kappa shape index (κ2) is 6.78. The fourth-order valence-corrected chi connectivity index (χ4v) is 1.00. The minimum Gasteiger partial charge on any atom is -0.370 e. The number of nitrogens with two attached hydrogens (primary N) is 2. The number of aliphatic imine (C=N–C) groups is 1. The molecule has 0 bridgehead atoms. The molecular weight excluding hydrogens is 174 g/mol. The SMILES string of the molecule is CSCCCN=C(N)NC(=N)N. The van der Waals surface area contributed by atoms with Gasteiger partial charge in [-0.1, -0.05) is 0 Å². The van der Waals surface area contributed by atoms with Gasteiger partial charge in [0.1, 0.15) is 0 Å². The van der Waals surface area contributed by atoms with E-state index < -0.39 is 0 Å². The van der Waals surface area contributed by atoms with Crippen molar-refractivity contribution in [3.05, 3.63) is 0 Å². The number of nitrogens with zero attached hydrogens (tertiary/aromatic N) is 1. The normalized spacial score (nSPS) is 11.2. The van der Waals surface area contributed by atoms with Crippen LogP contribution in [0.1, 0.15) is 6.42 Å². The highest BCUT2D eigenvalue weighted by atomic mass is 32.2. The van der Waals surface area contributed by atoms with Crippen LogP contribution in [-0.4, -0.2) is 30.5 Å². The lowest BCUT2D eigenvalue weighted by Crippen LogP contribution is -2.40. The standard InChI is InChI=1S/C6H15N5S/c1-12-4-2-3-10-6(9)11-5(7)8/h2-4H2,1H3,(H6,7,8,9,10,11). The van der Waals surface area contributed by atoms with Gasteiger partial charge >= 0.3 is 0 Å². The summed E-state index contributed by atoms with van der Waals surface area (Å²) in [6, 6.07) is 0. The fraction of sp³-hybridized carbons (Fsp3) is 0.667. The number of rotatable bonds is 4. The molecule has 0 aromatic rings. The lowest BCUT2D eigenvalue weighted by atomic mass is 10.5. The Bertz CT molecular complexity index is 167. The maximum absolute atomic E-state index is 6.84. The number of thioether (sulfide) groups is 1.